The van der Waals surface area contributed by atoms with Crippen LogP contribution in [0.5, 0.6) is 0 Å². The highest BCUT2D eigenvalue weighted by Gasteiger charge is 2.09. The minimum atomic E-state index is 0.373. The Balaban J connectivity index is 2.55. The van der Waals surface area contributed by atoms with Crippen LogP contribution in [0.15, 0.2) is 22.9 Å². The van der Waals surface area contributed by atoms with E-state index in [1.165, 1.54) is 0 Å². The number of nitrogens with zero attached hydrogens (tertiary/aromatic N) is 3. The predicted octanol–water partition coefficient (Wildman–Crippen LogP) is 3.73. The first-order chi connectivity index (χ1) is 7.61. The molecule has 0 atom stereocenters. The van der Waals surface area contributed by atoms with Crippen molar-refractivity contribution in [1.82, 2.24) is 14.8 Å². The second-order valence-electron chi connectivity index (χ2n) is 3.28. The van der Waals surface area contributed by atoms with Crippen molar-refractivity contribution in [2.75, 3.05) is 0 Å². The summed E-state index contributed by atoms with van der Waals surface area (Å²) in [6.45, 7) is 1.85. The normalized spacial score (nSPS) is 10.8. The summed E-state index contributed by atoms with van der Waals surface area (Å²) in [5, 5.41) is 4.88. The molecule has 6 heteroatoms. The third-order valence-electron chi connectivity index (χ3n) is 2.11. The lowest BCUT2D eigenvalue weighted by atomic mass is 10.3. The van der Waals surface area contributed by atoms with Gasteiger partial charge in [0.2, 0.25) is 0 Å². The highest BCUT2D eigenvalue weighted by Crippen LogP contribution is 2.21. The fraction of sp³-hybridized carbons (Fsp3) is 0.200. The van der Waals surface area contributed by atoms with Crippen molar-refractivity contribution < 1.29 is 0 Å². The van der Waals surface area contributed by atoms with Crippen molar-refractivity contribution in [2.45, 2.75) is 12.8 Å². The zero-order valence-corrected chi connectivity index (χ0v) is 11.5. The average Bonchev–Trinajstić information content (AvgIpc) is 2.59. The van der Waals surface area contributed by atoms with Gasteiger partial charge in [-0.05, 0) is 28.9 Å². The van der Waals surface area contributed by atoms with Gasteiger partial charge < -0.3 is 0 Å². The quantitative estimate of drug-likeness (QED) is 0.789. The Morgan fingerprint density at radius 3 is 2.81 bits per heavy atom. The largest absolute Gasteiger partial charge is 0.236 e. The smallest absolute Gasteiger partial charge is 0.157 e. The van der Waals surface area contributed by atoms with E-state index in [2.05, 4.69) is 26.0 Å². The van der Waals surface area contributed by atoms with E-state index >= 15 is 0 Å². The Kier molecular flexibility index (Phi) is 3.52. The lowest BCUT2D eigenvalue weighted by Gasteiger charge is -2.05. The Morgan fingerprint density at radius 2 is 2.25 bits per heavy atom. The van der Waals surface area contributed by atoms with Crippen molar-refractivity contribution >= 4 is 39.1 Å². The maximum absolute atomic E-state index is 5.95. The second-order valence-corrected chi connectivity index (χ2v) is 4.87. The molecule has 0 saturated heterocycles. The Bertz CT molecular complexity index is 505. The first-order valence-corrected chi connectivity index (χ1v) is 6.25. The molecule has 84 valence electrons. The number of halogens is 3. The van der Waals surface area contributed by atoms with E-state index in [1.54, 1.807) is 17.1 Å². The molecule has 0 fully saturated rings. The third kappa shape index (κ3) is 2.24. The minimum absolute atomic E-state index is 0.373. The van der Waals surface area contributed by atoms with Crippen LogP contribution in [0.2, 0.25) is 5.02 Å². The van der Waals surface area contributed by atoms with Gasteiger partial charge in [0.15, 0.2) is 5.82 Å². The first kappa shape index (κ1) is 11.9. The van der Waals surface area contributed by atoms with Gasteiger partial charge in [-0.25, -0.2) is 9.67 Å². The summed E-state index contributed by atoms with van der Waals surface area (Å²) in [4.78, 5) is 4.28. The van der Waals surface area contributed by atoms with E-state index in [4.69, 9.17) is 23.2 Å². The van der Waals surface area contributed by atoms with Crippen LogP contribution in [0.1, 0.15) is 11.3 Å². The van der Waals surface area contributed by atoms with E-state index in [-0.39, 0.29) is 0 Å². The summed E-state index contributed by atoms with van der Waals surface area (Å²) in [5.41, 5.74) is 1.67. The molecule has 0 aromatic carbocycles. The standard InChI is InChI=1S/C10H8BrCl2N3/c1-6-9(13)5-16(15-6)10-7(3-12)2-8(11)4-14-10/h2,4-5H,3H2,1H3. The molecule has 0 radical (unpaired) electrons. The number of aromatic nitrogens is 3. The minimum Gasteiger partial charge on any atom is -0.236 e. The van der Waals surface area contributed by atoms with Gasteiger partial charge in [0.25, 0.3) is 0 Å². The fourth-order valence-electron chi connectivity index (χ4n) is 1.33. The lowest BCUT2D eigenvalue weighted by molar-refractivity contribution is 0.821. The van der Waals surface area contributed by atoms with Crippen LogP contribution >= 0.6 is 39.1 Å². The van der Waals surface area contributed by atoms with Gasteiger partial charge in [-0.2, -0.15) is 5.10 Å². The van der Waals surface area contributed by atoms with Gasteiger partial charge in [-0.3, -0.25) is 0 Å². The highest BCUT2D eigenvalue weighted by molar-refractivity contribution is 9.10. The molecule has 0 saturated carbocycles. The van der Waals surface area contributed by atoms with Crippen LogP contribution in [-0.4, -0.2) is 14.8 Å². The molecule has 0 N–H and O–H groups in total. The molecule has 16 heavy (non-hydrogen) atoms. The summed E-state index contributed by atoms with van der Waals surface area (Å²) in [7, 11) is 0. The van der Waals surface area contributed by atoms with E-state index in [1.807, 2.05) is 13.0 Å². The molecule has 0 amide bonds. The number of hydrogen-bond donors (Lipinski definition) is 0. The predicted molar refractivity (Wildman–Crippen MR) is 68.4 cm³/mol. The maximum Gasteiger partial charge on any atom is 0.157 e. The van der Waals surface area contributed by atoms with Crippen molar-refractivity contribution in [3.05, 3.63) is 39.2 Å². The number of rotatable bonds is 2. The van der Waals surface area contributed by atoms with E-state index in [0.717, 1.165) is 15.7 Å². The van der Waals surface area contributed by atoms with E-state index in [9.17, 15) is 0 Å². The van der Waals surface area contributed by atoms with E-state index < -0.39 is 0 Å². The fourth-order valence-corrected chi connectivity index (χ4v) is 2.03. The van der Waals surface area contributed by atoms with Crippen LogP contribution in [-0.2, 0) is 5.88 Å². The summed E-state index contributed by atoms with van der Waals surface area (Å²) >= 11 is 15.2. The highest BCUT2D eigenvalue weighted by atomic mass is 79.9. The number of pyridine rings is 1. The van der Waals surface area contributed by atoms with E-state index in [0.29, 0.717) is 16.7 Å². The molecule has 0 unspecified atom stereocenters. The second kappa shape index (κ2) is 4.73. The Labute approximate surface area is 112 Å². The van der Waals surface area contributed by atoms with Gasteiger partial charge in [0, 0.05) is 16.2 Å². The lowest BCUT2D eigenvalue weighted by Crippen LogP contribution is -2.02. The Hall–Kier alpha value is -0.580. The molecule has 0 spiro atoms. The SMILES string of the molecule is Cc1nn(-c2ncc(Br)cc2CCl)cc1Cl. The summed E-state index contributed by atoms with van der Waals surface area (Å²) in [5.74, 6) is 1.08. The zero-order chi connectivity index (χ0) is 11.7. The van der Waals surface area contributed by atoms with Crippen LogP contribution in [0.4, 0.5) is 0 Å². The summed E-state index contributed by atoms with van der Waals surface area (Å²) in [6.07, 6.45) is 3.43. The molecule has 0 aliphatic carbocycles. The molecule has 2 rings (SSSR count). The average molecular weight is 321 g/mol. The molecule has 0 bridgehead atoms. The molecular formula is C10H8BrCl2N3. The monoisotopic (exact) mass is 319 g/mol. The summed E-state index contributed by atoms with van der Waals surface area (Å²) in [6, 6.07) is 1.92. The third-order valence-corrected chi connectivity index (χ3v) is 3.20. The number of alkyl halides is 1. The summed E-state index contributed by atoms with van der Waals surface area (Å²) < 4.78 is 2.53. The molecule has 2 aromatic rings. The van der Waals surface area contributed by atoms with Gasteiger partial charge in [-0.15, -0.1) is 11.6 Å². The van der Waals surface area contributed by atoms with Crippen molar-refractivity contribution in [3.63, 3.8) is 0 Å². The van der Waals surface area contributed by atoms with Crippen molar-refractivity contribution in [2.24, 2.45) is 0 Å². The molecule has 2 aromatic heterocycles. The van der Waals surface area contributed by atoms with Crippen LogP contribution in [0, 0.1) is 6.92 Å². The van der Waals surface area contributed by atoms with Gasteiger partial charge in [0.1, 0.15) is 0 Å². The molecule has 0 aliphatic rings. The van der Waals surface area contributed by atoms with Crippen LogP contribution < -0.4 is 0 Å². The van der Waals surface area contributed by atoms with Crippen molar-refractivity contribution in [3.8, 4) is 5.82 Å². The first-order valence-electron chi connectivity index (χ1n) is 4.54. The zero-order valence-electron chi connectivity index (χ0n) is 8.41. The van der Waals surface area contributed by atoms with Gasteiger partial charge >= 0.3 is 0 Å². The molecule has 3 nitrogen and oxygen atoms in total. The van der Waals surface area contributed by atoms with Crippen LogP contribution in [0.25, 0.3) is 5.82 Å². The van der Waals surface area contributed by atoms with Gasteiger partial charge in [-0.1, -0.05) is 11.6 Å². The Morgan fingerprint density at radius 1 is 1.50 bits per heavy atom. The molecular weight excluding hydrogens is 313 g/mol. The van der Waals surface area contributed by atoms with Crippen molar-refractivity contribution in [1.29, 1.82) is 0 Å². The maximum atomic E-state index is 5.95. The van der Waals surface area contributed by atoms with Gasteiger partial charge in [0.05, 0.1) is 22.8 Å². The number of hydrogen-bond acceptors (Lipinski definition) is 2. The van der Waals surface area contributed by atoms with Crippen LogP contribution in [0.3, 0.4) is 0 Å². The number of aryl methyl sites for hydroxylation is 1. The topological polar surface area (TPSA) is 30.7 Å². The molecule has 2 heterocycles. The molecule has 0 aliphatic heterocycles.